The highest BCUT2D eigenvalue weighted by atomic mass is 16.6. The molecule has 0 aliphatic rings. The Hall–Kier alpha value is -3.88. The topological polar surface area (TPSA) is 117 Å². The molecular formula is C21H21NO8. The van der Waals surface area contributed by atoms with Crippen LogP contribution in [0.5, 0.6) is 11.5 Å². The average molecular weight is 415 g/mol. The lowest BCUT2D eigenvalue weighted by molar-refractivity contribution is -0.149. The Labute approximate surface area is 172 Å². The molecule has 0 atom stereocenters. The molecule has 30 heavy (non-hydrogen) atoms. The van der Waals surface area contributed by atoms with E-state index in [4.69, 9.17) is 14.2 Å². The number of ketones is 1. The third-order valence-electron chi connectivity index (χ3n) is 3.89. The van der Waals surface area contributed by atoms with Crippen LogP contribution in [0, 0.1) is 0 Å². The fourth-order valence-electron chi connectivity index (χ4n) is 2.40. The van der Waals surface area contributed by atoms with Gasteiger partial charge in [0.1, 0.15) is 0 Å². The van der Waals surface area contributed by atoms with Crippen molar-refractivity contribution < 1.29 is 38.1 Å². The second-order valence-electron chi connectivity index (χ2n) is 5.96. The lowest BCUT2D eigenvalue weighted by Crippen LogP contribution is -2.24. The van der Waals surface area contributed by atoms with Crippen molar-refractivity contribution in [3.8, 4) is 11.5 Å². The SMILES string of the molecule is COC(=O)c1ccccc1NC(=O)COC(=O)COc1ccc(C(C)=O)cc1OC. The summed E-state index contributed by atoms with van der Waals surface area (Å²) in [6.07, 6.45) is 0. The molecule has 0 bridgehead atoms. The van der Waals surface area contributed by atoms with Gasteiger partial charge in [0, 0.05) is 5.56 Å². The van der Waals surface area contributed by atoms with Gasteiger partial charge in [0.25, 0.3) is 5.91 Å². The van der Waals surface area contributed by atoms with Crippen molar-refractivity contribution in [1.82, 2.24) is 0 Å². The molecule has 0 unspecified atom stereocenters. The van der Waals surface area contributed by atoms with E-state index in [1.807, 2.05) is 0 Å². The molecule has 0 saturated carbocycles. The number of ether oxygens (including phenoxy) is 4. The van der Waals surface area contributed by atoms with Crippen molar-refractivity contribution in [2.45, 2.75) is 6.92 Å². The fourth-order valence-corrected chi connectivity index (χ4v) is 2.40. The first kappa shape index (κ1) is 22.4. The van der Waals surface area contributed by atoms with Gasteiger partial charge in [-0.1, -0.05) is 12.1 Å². The smallest absolute Gasteiger partial charge is 0.344 e. The Morgan fingerprint density at radius 3 is 2.33 bits per heavy atom. The van der Waals surface area contributed by atoms with Crippen LogP contribution in [-0.4, -0.2) is 51.1 Å². The van der Waals surface area contributed by atoms with E-state index in [0.29, 0.717) is 5.56 Å². The minimum atomic E-state index is -0.788. The van der Waals surface area contributed by atoms with Crippen LogP contribution in [0.15, 0.2) is 42.5 Å². The summed E-state index contributed by atoms with van der Waals surface area (Å²) in [4.78, 5) is 47.0. The molecule has 0 heterocycles. The number of benzene rings is 2. The Bertz CT molecular complexity index is 954. The maximum Gasteiger partial charge on any atom is 0.344 e. The number of amides is 1. The van der Waals surface area contributed by atoms with Crippen molar-refractivity contribution in [3.63, 3.8) is 0 Å². The summed E-state index contributed by atoms with van der Waals surface area (Å²) >= 11 is 0. The first-order valence-corrected chi connectivity index (χ1v) is 8.80. The van der Waals surface area contributed by atoms with Crippen molar-refractivity contribution in [3.05, 3.63) is 53.6 Å². The second-order valence-corrected chi connectivity index (χ2v) is 5.96. The van der Waals surface area contributed by atoms with E-state index in [0.717, 1.165) is 0 Å². The van der Waals surface area contributed by atoms with Crippen LogP contribution < -0.4 is 14.8 Å². The molecule has 9 heteroatoms. The quantitative estimate of drug-likeness (QED) is 0.490. The number of anilines is 1. The standard InChI is InChI=1S/C21H21NO8/c1-13(23)14-8-9-17(18(10-14)27-2)29-12-20(25)30-11-19(24)22-16-7-5-4-6-15(16)21(26)28-3/h4-10H,11-12H2,1-3H3,(H,22,24). The number of para-hydroxylation sites is 1. The first-order valence-electron chi connectivity index (χ1n) is 8.80. The van der Waals surface area contributed by atoms with E-state index in [1.165, 1.54) is 51.5 Å². The number of esters is 2. The predicted molar refractivity (Wildman–Crippen MR) is 106 cm³/mol. The van der Waals surface area contributed by atoms with Crippen molar-refractivity contribution in [2.24, 2.45) is 0 Å². The molecule has 0 aliphatic carbocycles. The third-order valence-corrected chi connectivity index (χ3v) is 3.89. The highest BCUT2D eigenvalue weighted by Gasteiger charge is 2.15. The Balaban J connectivity index is 1.88. The molecule has 0 saturated heterocycles. The monoisotopic (exact) mass is 415 g/mol. The number of rotatable bonds is 9. The van der Waals surface area contributed by atoms with Crippen LogP contribution >= 0.6 is 0 Å². The molecule has 0 aliphatic heterocycles. The lowest BCUT2D eigenvalue weighted by atomic mass is 10.1. The molecular weight excluding hydrogens is 394 g/mol. The van der Waals surface area contributed by atoms with E-state index >= 15 is 0 Å². The molecule has 0 spiro atoms. The van der Waals surface area contributed by atoms with Crippen LogP contribution in [0.1, 0.15) is 27.6 Å². The summed E-state index contributed by atoms with van der Waals surface area (Å²) in [5, 5.41) is 2.48. The zero-order valence-corrected chi connectivity index (χ0v) is 16.7. The number of carbonyl (C=O) groups is 4. The fraction of sp³-hybridized carbons (Fsp3) is 0.238. The molecule has 2 aromatic carbocycles. The van der Waals surface area contributed by atoms with Crippen LogP contribution in [0.2, 0.25) is 0 Å². The van der Waals surface area contributed by atoms with Crippen molar-refractivity contribution in [2.75, 3.05) is 32.8 Å². The maximum absolute atomic E-state index is 12.0. The van der Waals surface area contributed by atoms with Gasteiger partial charge in [-0.2, -0.15) is 0 Å². The Kier molecular flexibility index (Phi) is 7.92. The number of hydrogen-bond acceptors (Lipinski definition) is 8. The lowest BCUT2D eigenvalue weighted by Gasteiger charge is -2.12. The molecule has 0 aromatic heterocycles. The zero-order chi connectivity index (χ0) is 22.1. The van der Waals surface area contributed by atoms with Gasteiger partial charge >= 0.3 is 11.9 Å². The average Bonchev–Trinajstić information content (AvgIpc) is 2.75. The van der Waals surface area contributed by atoms with Crippen LogP contribution in [0.4, 0.5) is 5.69 Å². The van der Waals surface area contributed by atoms with E-state index < -0.39 is 31.1 Å². The normalized spacial score (nSPS) is 9.97. The van der Waals surface area contributed by atoms with Crippen molar-refractivity contribution in [1.29, 1.82) is 0 Å². The number of Topliss-reactive ketones (excluding diaryl/α,β-unsaturated/α-hetero) is 1. The van der Waals surface area contributed by atoms with Gasteiger partial charge in [-0.25, -0.2) is 9.59 Å². The summed E-state index contributed by atoms with van der Waals surface area (Å²) in [6, 6.07) is 10.8. The van der Waals surface area contributed by atoms with Crippen LogP contribution in [-0.2, 0) is 19.1 Å². The summed E-state index contributed by atoms with van der Waals surface area (Å²) in [5.74, 6) is -1.64. The largest absolute Gasteiger partial charge is 0.493 e. The highest BCUT2D eigenvalue weighted by Crippen LogP contribution is 2.28. The third kappa shape index (κ3) is 6.06. The van der Waals surface area contributed by atoms with Crippen LogP contribution in [0.25, 0.3) is 0 Å². The predicted octanol–water partition coefficient (Wildman–Crippen LogP) is 2.25. The van der Waals surface area contributed by atoms with Gasteiger partial charge in [-0.3, -0.25) is 9.59 Å². The molecule has 0 radical (unpaired) electrons. The maximum atomic E-state index is 12.0. The summed E-state index contributed by atoms with van der Waals surface area (Å²) in [7, 11) is 2.63. The molecule has 1 amide bonds. The van der Waals surface area contributed by atoms with E-state index in [-0.39, 0.29) is 28.5 Å². The summed E-state index contributed by atoms with van der Waals surface area (Å²) < 4.78 is 20.0. The highest BCUT2D eigenvalue weighted by molar-refractivity contribution is 6.01. The van der Waals surface area contributed by atoms with Gasteiger partial charge in [0.2, 0.25) is 0 Å². The number of methoxy groups -OCH3 is 2. The van der Waals surface area contributed by atoms with E-state index in [2.05, 4.69) is 10.1 Å². The van der Waals surface area contributed by atoms with Gasteiger partial charge < -0.3 is 24.3 Å². The molecule has 2 aromatic rings. The first-order chi connectivity index (χ1) is 14.3. The van der Waals surface area contributed by atoms with Gasteiger partial charge in [-0.05, 0) is 37.3 Å². The second kappa shape index (κ2) is 10.6. The summed E-state index contributed by atoms with van der Waals surface area (Å²) in [5.41, 5.74) is 0.840. The van der Waals surface area contributed by atoms with E-state index in [9.17, 15) is 19.2 Å². The number of carbonyl (C=O) groups excluding carboxylic acids is 4. The number of hydrogen-bond donors (Lipinski definition) is 1. The molecule has 2 rings (SSSR count). The summed E-state index contributed by atoms with van der Waals surface area (Å²) in [6.45, 7) is 0.376. The van der Waals surface area contributed by atoms with Gasteiger partial charge in [-0.15, -0.1) is 0 Å². The number of nitrogens with one attached hydrogen (secondary N) is 1. The zero-order valence-electron chi connectivity index (χ0n) is 16.7. The molecule has 9 nitrogen and oxygen atoms in total. The van der Waals surface area contributed by atoms with Crippen molar-refractivity contribution >= 4 is 29.3 Å². The van der Waals surface area contributed by atoms with Crippen LogP contribution in [0.3, 0.4) is 0 Å². The Morgan fingerprint density at radius 2 is 1.67 bits per heavy atom. The minimum absolute atomic E-state index is 0.140. The molecule has 1 N–H and O–H groups in total. The molecule has 158 valence electrons. The Morgan fingerprint density at radius 1 is 0.933 bits per heavy atom. The van der Waals surface area contributed by atoms with Gasteiger partial charge in [0.15, 0.2) is 30.5 Å². The minimum Gasteiger partial charge on any atom is -0.493 e. The van der Waals surface area contributed by atoms with E-state index in [1.54, 1.807) is 12.1 Å². The van der Waals surface area contributed by atoms with Gasteiger partial charge in [0.05, 0.1) is 25.5 Å². The molecule has 0 fully saturated rings.